The van der Waals surface area contributed by atoms with Gasteiger partial charge in [-0.15, -0.1) is 0 Å². The van der Waals surface area contributed by atoms with Crippen LogP contribution < -0.4 is 10.6 Å². The zero-order valence-electron chi connectivity index (χ0n) is 12.4. The lowest BCUT2D eigenvalue weighted by Gasteiger charge is -2.19. The molecular weight excluding hydrogens is 272 g/mol. The third-order valence-electron chi connectivity index (χ3n) is 3.56. The molecule has 114 valence electrons. The van der Waals surface area contributed by atoms with E-state index in [2.05, 4.69) is 18.8 Å². The molecule has 0 spiro atoms. The average Bonchev–Trinajstić information content (AvgIpc) is 2.87. The van der Waals surface area contributed by atoms with Crippen LogP contribution in [0.25, 0.3) is 11.1 Å². The third-order valence-corrected chi connectivity index (χ3v) is 3.56. The van der Waals surface area contributed by atoms with Crippen LogP contribution in [0.1, 0.15) is 20.3 Å². The van der Waals surface area contributed by atoms with Crippen molar-refractivity contribution in [2.24, 2.45) is 11.7 Å². The van der Waals surface area contributed by atoms with Crippen LogP contribution in [0.15, 0.2) is 22.6 Å². The number of anilines is 1. The summed E-state index contributed by atoms with van der Waals surface area (Å²) < 4.78 is 5.58. The molecule has 1 atom stereocenters. The van der Waals surface area contributed by atoms with Gasteiger partial charge in [-0.25, -0.2) is 0 Å². The minimum absolute atomic E-state index is 0.0465. The first-order valence-corrected chi connectivity index (χ1v) is 6.90. The minimum Gasteiger partial charge on any atom is -0.423 e. The molecule has 0 radical (unpaired) electrons. The van der Waals surface area contributed by atoms with Gasteiger partial charge in [0.25, 0.3) is 11.7 Å². The first-order chi connectivity index (χ1) is 9.90. The minimum atomic E-state index is -0.455. The number of para-hydroxylation sites is 1. The Balaban J connectivity index is 2.19. The van der Waals surface area contributed by atoms with Crippen molar-refractivity contribution in [2.75, 3.05) is 18.5 Å². The Hall–Kier alpha value is -2.15. The second-order valence-corrected chi connectivity index (χ2v) is 5.50. The number of nitrogens with two attached hydrogens (primary N) is 1. The Morgan fingerprint density at radius 1 is 1.48 bits per heavy atom. The van der Waals surface area contributed by atoms with E-state index in [0.717, 1.165) is 6.42 Å². The van der Waals surface area contributed by atoms with Gasteiger partial charge in [-0.2, -0.15) is 4.98 Å². The quantitative estimate of drug-likeness (QED) is 0.649. The predicted molar refractivity (Wildman–Crippen MR) is 81.4 cm³/mol. The van der Waals surface area contributed by atoms with Crippen molar-refractivity contribution in [3.8, 4) is 0 Å². The molecule has 0 aliphatic rings. The first-order valence-electron chi connectivity index (χ1n) is 6.90. The number of rotatable bonds is 6. The maximum atomic E-state index is 11.0. The molecule has 0 aliphatic carbocycles. The molecule has 1 unspecified atom stereocenters. The number of nitro groups is 1. The number of non-ortho nitro benzene ring substituents is 1. The van der Waals surface area contributed by atoms with Crippen LogP contribution in [-0.2, 0) is 0 Å². The fraction of sp³-hybridized carbons (Fsp3) is 0.500. The normalized spacial score (nSPS) is 12.8. The monoisotopic (exact) mass is 292 g/mol. The fourth-order valence-electron chi connectivity index (χ4n) is 2.00. The molecule has 1 heterocycles. The van der Waals surface area contributed by atoms with E-state index in [1.54, 1.807) is 12.1 Å². The Kier molecular flexibility index (Phi) is 4.42. The molecule has 0 fully saturated rings. The summed E-state index contributed by atoms with van der Waals surface area (Å²) in [5.41, 5.74) is 6.66. The number of nitro benzene ring substituents is 1. The van der Waals surface area contributed by atoms with E-state index < -0.39 is 4.92 Å². The molecule has 1 aromatic carbocycles. The van der Waals surface area contributed by atoms with Crippen molar-refractivity contribution in [3.63, 3.8) is 0 Å². The third kappa shape index (κ3) is 3.30. The largest absolute Gasteiger partial charge is 0.423 e. The van der Waals surface area contributed by atoms with Crippen LogP contribution in [0, 0.1) is 16.0 Å². The predicted octanol–water partition coefficient (Wildman–Crippen LogP) is 2.55. The maximum absolute atomic E-state index is 11.0. The van der Waals surface area contributed by atoms with Gasteiger partial charge in [0.05, 0.1) is 4.92 Å². The van der Waals surface area contributed by atoms with Crippen molar-refractivity contribution >= 4 is 22.8 Å². The van der Waals surface area contributed by atoms with Gasteiger partial charge in [0.1, 0.15) is 0 Å². The molecular formula is C14H20N4O3. The van der Waals surface area contributed by atoms with E-state index in [9.17, 15) is 10.1 Å². The lowest BCUT2D eigenvalue weighted by atomic mass is 10.0. The SMILES string of the molecule is CC(C)C(N)CCN(C)c1nc2c([N+](=O)[O-])cccc2o1. The van der Waals surface area contributed by atoms with Gasteiger partial charge in [-0.1, -0.05) is 19.9 Å². The molecule has 21 heavy (non-hydrogen) atoms. The summed E-state index contributed by atoms with van der Waals surface area (Å²) in [4.78, 5) is 16.6. The molecule has 7 heteroatoms. The van der Waals surface area contributed by atoms with E-state index in [1.807, 2.05) is 11.9 Å². The van der Waals surface area contributed by atoms with Crippen LogP contribution in [0.2, 0.25) is 0 Å². The van der Waals surface area contributed by atoms with Crippen molar-refractivity contribution in [2.45, 2.75) is 26.3 Å². The Morgan fingerprint density at radius 2 is 2.19 bits per heavy atom. The van der Waals surface area contributed by atoms with E-state index in [0.29, 0.717) is 24.1 Å². The summed E-state index contributed by atoms with van der Waals surface area (Å²) in [5.74, 6) is 0.406. The van der Waals surface area contributed by atoms with E-state index in [1.165, 1.54) is 6.07 Å². The first kappa shape index (κ1) is 15.2. The summed E-state index contributed by atoms with van der Waals surface area (Å²) in [6.07, 6.45) is 0.801. The Morgan fingerprint density at radius 3 is 2.81 bits per heavy atom. The zero-order valence-corrected chi connectivity index (χ0v) is 12.4. The van der Waals surface area contributed by atoms with Crippen LogP contribution >= 0.6 is 0 Å². The molecule has 2 aromatic rings. The summed E-state index contributed by atoms with van der Waals surface area (Å²) in [6, 6.07) is 5.15. The molecule has 0 saturated carbocycles. The zero-order chi connectivity index (χ0) is 15.6. The second kappa shape index (κ2) is 6.09. The van der Waals surface area contributed by atoms with E-state index in [-0.39, 0.29) is 17.2 Å². The standard InChI is InChI=1S/C14H20N4O3/c1-9(2)10(15)7-8-17(3)14-16-13-11(18(19)20)5-4-6-12(13)21-14/h4-6,9-10H,7-8,15H2,1-3H3. The Labute approximate surface area is 122 Å². The number of oxazole rings is 1. The topological polar surface area (TPSA) is 98.4 Å². The second-order valence-electron chi connectivity index (χ2n) is 5.50. The maximum Gasteiger partial charge on any atom is 0.298 e. The van der Waals surface area contributed by atoms with Crippen LogP contribution in [-0.4, -0.2) is 29.5 Å². The molecule has 1 aromatic heterocycles. The lowest BCUT2D eigenvalue weighted by Crippen LogP contribution is -2.31. The van der Waals surface area contributed by atoms with Crippen molar-refractivity contribution in [3.05, 3.63) is 28.3 Å². The molecule has 0 aliphatic heterocycles. The van der Waals surface area contributed by atoms with Gasteiger partial charge in [-0.05, 0) is 18.4 Å². The molecule has 2 N–H and O–H groups in total. The number of nitrogens with zero attached hydrogens (tertiary/aromatic N) is 3. The van der Waals surface area contributed by atoms with E-state index >= 15 is 0 Å². The lowest BCUT2D eigenvalue weighted by molar-refractivity contribution is -0.383. The van der Waals surface area contributed by atoms with Gasteiger partial charge in [-0.3, -0.25) is 10.1 Å². The molecule has 7 nitrogen and oxygen atoms in total. The molecule has 0 bridgehead atoms. The number of aromatic nitrogens is 1. The Bertz CT molecular complexity index is 638. The summed E-state index contributed by atoms with van der Waals surface area (Å²) in [7, 11) is 1.84. The summed E-state index contributed by atoms with van der Waals surface area (Å²) in [6.45, 7) is 4.83. The average molecular weight is 292 g/mol. The van der Waals surface area contributed by atoms with Crippen molar-refractivity contribution < 1.29 is 9.34 Å². The van der Waals surface area contributed by atoms with Gasteiger partial charge < -0.3 is 15.1 Å². The molecule has 2 rings (SSSR count). The van der Waals surface area contributed by atoms with Crippen molar-refractivity contribution in [1.29, 1.82) is 0 Å². The number of benzene rings is 1. The highest BCUT2D eigenvalue weighted by Gasteiger charge is 2.19. The highest BCUT2D eigenvalue weighted by atomic mass is 16.6. The number of hydrogen-bond donors (Lipinski definition) is 1. The van der Waals surface area contributed by atoms with E-state index in [4.69, 9.17) is 10.2 Å². The number of fused-ring (bicyclic) bond motifs is 1. The smallest absolute Gasteiger partial charge is 0.298 e. The van der Waals surface area contributed by atoms with Gasteiger partial charge in [0.15, 0.2) is 11.1 Å². The molecule has 0 saturated heterocycles. The van der Waals surface area contributed by atoms with Gasteiger partial charge >= 0.3 is 0 Å². The van der Waals surface area contributed by atoms with Crippen LogP contribution in [0.5, 0.6) is 0 Å². The van der Waals surface area contributed by atoms with Crippen molar-refractivity contribution in [1.82, 2.24) is 4.98 Å². The molecule has 0 amide bonds. The highest BCUT2D eigenvalue weighted by molar-refractivity contribution is 5.84. The fourth-order valence-corrected chi connectivity index (χ4v) is 2.00. The summed E-state index contributed by atoms with van der Waals surface area (Å²) in [5, 5.41) is 11.0. The highest BCUT2D eigenvalue weighted by Crippen LogP contribution is 2.28. The number of hydrogen-bond acceptors (Lipinski definition) is 6. The van der Waals surface area contributed by atoms with Crippen LogP contribution in [0.4, 0.5) is 11.7 Å². The summed E-state index contributed by atoms with van der Waals surface area (Å²) >= 11 is 0. The van der Waals surface area contributed by atoms with Gasteiger partial charge in [0, 0.05) is 25.7 Å². The van der Waals surface area contributed by atoms with Crippen LogP contribution in [0.3, 0.4) is 0 Å². The van der Waals surface area contributed by atoms with Gasteiger partial charge in [0.2, 0.25) is 0 Å².